The van der Waals surface area contributed by atoms with Crippen LogP contribution in [0.5, 0.6) is 0 Å². The number of benzene rings is 1. The van der Waals surface area contributed by atoms with Gasteiger partial charge in [0.05, 0.1) is 5.56 Å². The van der Waals surface area contributed by atoms with Gasteiger partial charge in [-0.1, -0.05) is 18.2 Å². The summed E-state index contributed by atoms with van der Waals surface area (Å²) in [5.41, 5.74) is 0.167. The summed E-state index contributed by atoms with van der Waals surface area (Å²) < 4.78 is 43.5. The average molecular weight is 384 g/mol. The van der Waals surface area contributed by atoms with Gasteiger partial charge in [-0.15, -0.1) is 0 Å². The quantitative estimate of drug-likeness (QED) is 0.541. The first-order valence-corrected chi connectivity index (χ1v) is 8.30. The van der Waals surface area contributed by atoms with Crippen molar-refractivity contribution in [1.82, 2.24) is 9.88 Å². The zero-order valence-corrected chi connectivity index (χ0v) is 14.5. The fourth-order valence-electron chi connectivity index (χ4n) is 2.01. The normalized spacial score (nSPS) is 10.7. The van der Waals surface area contributed by atoms with Gasteiger partial charge in [-0.2, -0.15) is 8.78 Å². The monoisotopic (exact) mass is 384 g/mol. The topological polar surface area (TPSA) is 59.5 Å². The maximum Gasteiger partial charge on any atom is 0.341 e. The van der Waals surface area contributed by atoms with Crippen molar-refractivity contribution in [3.63, 3.8) is 0 Å². The molecule has 0 saturated carbocycles. The van der Waals surface area contributed by atoms with Crippen LogP contribution in [0.25, 0.3) is 0 Å². The highest BCUT2D eigenvalue weighted by molar-refractivity contribution is 7.99. The number of amides is 1. The van der Waals surface area contributed by atoms with Crippen LogP contribution in [0, 0.1) is 5.82 Å². The minimum absolute atomic E-state index is 0.00241. The highest BCUT2D eigenvalue weighted by atomic mass is 32.2. The van der Waals surface area contributed by atoms with Crippen LogP contribution in [-0.2, 0) is 16.1 Å². The Labute approximate surface area is 152 Å². The lowest BCUT2D eigenvalue weighted by molar-refractivity contribution is -0.133. The fourth-order valence-corrected chi connectivity index (χ4v) is 2.58. The standard InChI is InChI=1S/C17H15F3N2O3S/c1-22(9-11-5-2-3-7-13(11)18)14(23)10-25-16(24)12-6-4-8-21-15(12)26-17(19)20/h2-8,17H,9-10H2,1H3. The van der Waals surface area contributed by atoms with Crippen LogP contribution in [0.4, 0.5) is 13.2 Å². The van der Waals surface area contributed by atoms with Crippen molar-refractivity contribution in [2.75, 3.05) is 13.7 Å². The Morgan fingerprint density at radius 2 is 1.96 bits per heavy atom. The van der Waals surface area contributed by atoms with E-state index >= 15 is 0 Å². The highest BCUT2D eigenvalue weighted by Gasteiger charge is 2.20. The first-order valence-electron chi connectivity index (χ1n) is 7.42. The maximum absolute atomic E-state index is 13.6. The highest BCUT2D eigenvalue weighted by Crippen LogP contribution is 2.26. The molecule has 0 radical (unpaired) electrons. The third-order valence-corrected chi connectivity index (χ3v) is 4.04. The Morgan fingerprint density at radius 1 is 1.23 bits per heavy atom. The van der Waals surface area contributed by atoms with E-state index < -0.39 is 30.1 Å². The number of ether oxygens (including phenoxy) is 1. The van der Waals surface area contributed by atoms with Gasteiger partial charge in [0.25, 0.3) is 11.7 Å². The minimum atomic E-state index is -2.75. The molecular weight excluding hydrogens is 369 g/mol. The van der Waals surface area contributed by atoms with Crippen molar-refractivity contribution in [3.8, 4) is 0 Å². The van der Waals surface area contributed by atoms with E-state index in [1.807, 2.05) is 0 Å². The number of rotatable bonds is 7. The van der Waals surface area contributed by atoms with E-state index in [1.54, 1.807) is 6.07 Å². The minimum Gasteiger partial charge on any atom is -0.452 e. The van der Waals surface area contributed by atoms with Gasteiger partial charge in [0, 0.05) is 25.4 Å². The number of carbonyl (C=O) groups is 2. The van der Waals surface area contributed by atoms with Crippen LogP contribution in [0.2, 0.25) is 0 Å². The lowest BCUT2D eigenvalue weighted by Gasteiger charge is -2.17. The molecule has 1 heterocycles. The van der Waals surface area contributed by atoms with Gasteiger partial charge >= 0.3 is 5.97 Å². The molecule has 0 aliphatic heterocycles. The Hall–Kier alpha value is -2.55. The first kappa shape index (κ1) is 19.8. The second kappa shape index (κ2) is 9.23. The molecule has 0 saturated heterocycles. The van der Waals surface area contributed by atoms with Gasteiger partial charge in [-0.05, 0) is 30.0 Å². The molecule has 2 aromatic rings. The van der Waals surface area contributed by atoms with E-state index in [0.29, 0.717) is 5.56 Å². The van der Waals surface area contributed by atoms with E-state index in [-0.39, 0.29) is 28.9 Å². The van der Waals surface area contributed by atoms with Crippen molar-refractivity contribution in [1.29, 1.82) is 0 Å². The van der Waals surface area contributed by atoms with Crippen molar-refractivity contribution >= 4 is 23.6 Å². The van der Waals surface area contributed by atoms with E-state index in [9.17, 15) is 22.8 Å². The number of aromatic nitrogens is 1. The number of alkyl halides is 2. The molecule has 0 unspecified atom stereocenters. The number of carbonyl (C=O) groups excluding carboxylic acids is 2. The molecule has 26 heavy (non-hydrogen) atoms. The van der Waals surface area contributed by atoms with Gasteiger partial charge in [0.15, 0.2) is 6.61 Å². The number of thioether (sulfide) groups is 1. The molecule has 138 valence electrons. The number of likely N-dealkylation sites (N-methyl/N-ethyl adjacent to an activating group) is 1. The molecule has 0 N–H and O–H groups in total. The molecule has 9 heteroatoms. The third kappa shape index (κ3) is 5.48. The maximum atomic E-state index is 13.6. The summed E-state index contributed by atoms with van der Waals surface area (Å²) in [6, 6.07) is 8.67. The Bertz CT molecular complexity index is 789. The van der Waals surface area contributed by atoms with Crippen molar-refractivity contribution in [2.24, 2.45) is 0 Å². The molecule has 0 spiro atoms. The van der Waals surface area contributed by atoms with Crippen molar-refractivity contribution in [2.45, 2.75) is 17.3 Å². The summed E-state index contributed by atoms with van der Waals surface area (Å²) in [7, 11) is 1.44. The molecule has 1 aromatic heterocycles. The van der Waals surface area contributed by atoms with Crippen LogP contribution in [0.15, 0.2) is 47.6 Å². The number of hydrogen-bond acceptors (Lipinski definition) is 5. The smallest absolute Gasteiger partial charge is 0.341 e. The summed E-state index contributed by atoms with van der Waals surface area (Å²) in [6.07, 6.45) is 1.27. The molecule has 2 rings (SSSR count). The summed E-state index contributed by atoms with van der Waals surface area (Å²) >= 11 is 0.115. The molecule has 0 atom stereocenters. The van der Waals surface area contributed by atoms with Crippen LogP contribution in [0.1, 0.15) is 15.9 Å². The fraction of sp³-hybridized carbons (Fsp3) is 0.235. The molecule has 0 aliphatic carbocycles. The number of halogens is 3. The van der Waals surface area contributed by atoms with Gasteiger partial charge in [0.2, 0.25) is 0 Å². The Balaban J connectivity index is 1.95. The van der Waals surface area contributed by atoms with E-state index in [0.717, 1.165) is 0 Å². The van der Waals surface area contributed by atoms with E-state index in [1.165, 1.54) is 48.5 Å². The van der Waals surface area contributed by atoms with Crippen LogP contribution in [0.3, 0.4) is 0 Å². The molecule has 1 aromatic carbocycles. The third-order valence-electron chi connectivity index (χ3n) is 3.31. The lowest BCUT2D eigenvalue weighted by Crippen LogP contribution is -2.31. The summed E-state index contributed by atoms with van der Waals surface area (Å²) in [5.74, 6) is -4.69. The zero-order valence-electron chi connectivity index (χ0n) is 13.7. The molecule has 1 amide bonds. The summed E-state index contributed by atoms with van der Waals surface area (Å²) in [5, 5.41) is -0.181. The lowest BCUT2D eigenvalue weighted by atomic mass is 10.2. The first-order chi connectivity index (χ1) is 12.4. The number of nitrogens with zero attached hydrogens (tertiary/aromatic N) is 2. The average Bonchev–Trinajstić information content (AvgIpc) is 2.61. The van der Waals surface area contributed by atoms with Gasteiger partial charge < -0.3 is 9.64 Å². The van der Waals surface area contributed by atoms with Crippen LogP contribution in [-0.4, -0.2) is 41.2 Å². The van der Waals surface area contributed by atoms with Crippen LogP contribution < -0.4 is 0 Å². The number of esters is 1. The Morgan fingerprint density at radius 3 is 2.65 bits per heavy atom. The van der Waals surface area contributed by atoms with Gasteiger partial charge in [-0.25, -0.2) is 14.2 Å². The Kier molecular flexibility index (Phi) is 7.02. The van der Waals surface area contributed by atoms with Crippen molar-refractivity contribution < 1.29 is 27.5 Å². The zero-order chi connectivity index (χ0) is 19.1. The summed E-state index contributed by atoms with van der Waals surface area (Å²) in [6.45, 7) is -0.597. The predicted octanol–water partition coefficient (Wildman–Crippen LogP) is 3.35. The number of pyridine rings is 1. The summed E-state index contributed by atoms with van der Waals surface area (Å²) in [4.78, 5) is 29.0. The second-order valence-electron chi connectivity index (χ2n) is 5.15. The molecule has 5 nitrogen and oxygen atoms in total. The number of hydrogen-bond donors (Lipinski definition) is 0. The molecule has 0 aliphatic rings. The van der Waals surface area contributed by atoms with Gasteiger partial charge in [-0.3, -0.25) is 4.79 Å². The molecule has 0 fully saturated rings. The largest absolute Gasteiger partial charge is 0.452 e. The van der Waals surface area contributed by atoms with Crippen molar-refractivity contribution in [3.05, 3.63) is 59.5 Å². The van der Waals surface area contributed by atoms with Gasteiger partial charge in [0.1, 0.15) is 10.8 Å². The second-order valence-corrected chi connectivity index (χ2v) is 6.13. The molecular formula is C17H15F3N2O3S. The predicted molar refractivity (Wildman–Crippen MR) is 89.3 cm³/mol. The molecule has 0 bridgehead atoms. The van der Waals surface area contributed by atoms with E-state index in [4.69, 9.17) is 4.74 Å². The SMILES string of the molecule is CN(Cc1ccccc1F)C(=O)COC(=O)c1cccnc1SC(F)F. The van der Waals surface area contributed by atoms with E-state index in [2.05, 4.69) is 4.98 Å². The van der Waals surface area contributed by atoms with Crippen LogP contribution >= 0.6 is 11.8 Å².